The van der Waals surface area contributed by atoms with Gasteiger partial charge in [-0.2, -0.15) is 0 Å². The molecule has 0 heterocycles. The third kappa shape index (κ3) is 4.32. The summed E-state index contributed by atoms with van der Waals surface area (Å²) in [6.45, 7) is 0. The average molecular weight is 633 g/mol. The predicted octanol–water partition coefficient (Wildman–Crippen LogP) is 14.1. The first-order valence-corrected chi connectivity index (χ1v) is 17.4. The van der Waals surface area contributed by atoms with Crippen LogP contribution in [0, 0.1) is 0 Å². The fourth-order valence-corrected chi connectivity index (χ4v) is 8.39. The summed E-state index contributed by atoms with van der Waals surface area (Å²) in [6, 6.07) is 71.3. The quantitative estimate of drug-likeness (QED) is 0.134. The van der Waals surface area contributed by atoms with Crippen LogP contribution in [0.15, 0.2) is 194 Å². The average Bonchev–Trinajstić information content (AvgIpc) is 3.20. The van der Waals surface area contributed by atoms with Crippen molar-refractivity contribution in [1.82, 2.24) is 0 Å². The fourth-order valence-electron chi connectivity index (χ4n) is 8.39. The molecule has 232 valence electrons. The molecule has 0 saturated heterocycles. The summed E-state index contributed by atoms with van der Waals surface area (Å²) in [5.74, 6) is 0. The van der Waals surface area contributed by atoms with Gasteiger partial charge >= 0.3 is 0 Å². The van der Waals surface area contributed by atoms with Gasteiger partial charge in [-0.25, -0.2) is 0 Å². The van der Waals surface area contributed by atoms with Crippen LogP contribution in [0.4, 0.5) is 0 Å². The van der Waals surface area contributed by atoms with E-state index in [1.165, 1.54) is 98.4 Å². The molecule has 0 unspecified atom stereocenters. The molecule has 10 rings (SSSR count). The van der Waals surface area contributed by atoms with Crippen molar-refractivity contribution in [1.29, 1.82) is 0 Å². The van der Waals surface area contributed by atoms with Crippen LogP contribution < -0.4 is 0 Å². The first-order chi connectivity index (χ1) is 24.9. The van der Waals surface area contributed by atoms with Crippen molar-refractivity contribution in [2.24, 2.45) is 0 Å². The fraction of sp³-hybridized carbons (Fsp3) is 0. The molecule has 10 aromatic rings. The molecule has 0 spiro atoms. The van der Waals surface area contributed by atoms with Gasteiger partial charge in [0.1, 0.15) is 0 Å². The number of hydrogen-bond acceptors (Lipinski definition) is 0. The van der Waals surface area contributed by atoms with Crippen molar-refractivity contribution in [2.75, 3.05) is 0 Å². The molecule has 0 aliphatic rings. The Morgan fingerprint density at radius 2 is 0.460 bits per heavy atom. The number of benzene rings is 10. The molecule has 0 amide bonds. The van der Waals surface area contributed by atoms with Crippen LogP contribution in [0.1, 0.15) is 0 Å². The van der Waals surface area contributed by atoms with Crippen molar-refractivity contribution >= 4 is 53.9 Å². The normalized spacial score (nSPS) is 11.6. The molecule has 0 bridgehead atoms. The monoisotopic (exact) mass is 632 g/mol. The molecule has 0 radical (unpaired) electrons. The third-order valence-electron chi connectivity index (χ3n) is 10.4. The van der Waals surface area contributed by atoms with Crippen LogP contribution in [-0.2, 0) is 0 Å². The minimum Gasteiger partial charge on any atom is -0.0622 e. The SMILES string of the molecule is c1ccc(-c2c3ccccc3c(-c3ccccc3)c3c2ccc2ccc4c(-c5ccccc5)c5ccccc5c(-c5ccccc5)c4c23)cc1. The maximum Gasteiger partial charge on any atom is -0.000763 e. The minimum atomic E-state index is 1.23. The Bertz CT molecular complexity index is 2670. The van der Waals surface area contributed by atoms with Crippen LogP contribution in [0.2, 0.25) is 0 Å². The molecule has 0 aliphatic carbocycles. The highest BCUT2D eigenvalue weighted by atomic mass is 14.3. The van der Waals surface area contributed by atoms with Crippen LogP contribution >= 0.6 is 0 Å². The van der Waals surface area contributed by atoms with Gasteiger partial charge in [0, 0.05) is 0 Å². The molecule has 0 fully saturated rings. The maximum absolute atomic E-state index is 2.37. The first-order valence-electron chi connectivity index (χ1n) is 17.4. The third-order valence-corrected chi connectivity index (χ3v) is 10.4. The van der Waals surface area contributed by atoms with Gasteiger partial charge in [-0.15, -0.1) is 0 Å². The van der Waals surface area contributed by atoms with Gasteiger partial charge in [0.15, 0.2) is 0 Å². The van der Waals surface area contributed by atoms with E-state index in [1.807, 2.05) is 0 Å². The van der Waals surface area contributed by atoms with E-state index in [1.54, 1.807) is 0 Å². The highest BCUT2D eigenvalue weighted by molar-refractivity contribution is 6.37. The lowest BCUT2D eigenvalue weighted by Crippen LogP contribution is -1.95. The van der Waals surface area contributed by atoms with Crippen LogP contribution in [-0.4, -0.2) is 0 Å². The smallest absolute Gasteiger partial charge is 0.000763 e. The largest absolute Gasteiger partial charge is 0.0622 e. The van der Waals surface area contributed by atoms with Crippen molar-refractivity contribution in [2.45, 2.75) is 0 Å². The van der Waals surface area contributed by atoms with Gasteiger partial charge in [0.2, 0.25) is 0 Å². The van der Waals surface area contributed by atoms with Gasteiger partial charge in [0.05, 0.1) is 0 Å². The van der Waals surface area contributed by atoms with E-state index in [-0.39, 0.29) is 0 Å². The Balaban J connectivity index is 1.56. The van der Waals surface area contributed by atoms with E-state index in [2.05, 4.69) is 194 Å². The zero-order chi connectivity index (χ0) is 33.0. The highest BCUT2D eigenvalue weighted by Gasteiger charge is 2.23. The molecule has 0 aliphatic heterocycles. The van der Waals surface area contributed by atoms with E-state index >= 15 is 0 Å². The number of rotatable bonds is 4. The summed E-state index contributed by atoms with van der Waals surface area (Å²) in [4.78, 5) is 0. The number of hydrogen-bond donors (Lipinski definition) is 0. The second kappa shape index (κ2) is 11.6. The van der Waals surface area contributed by atoms with E-state index < -0.39 is 0 Å². The first kappa shape index (κ1) is 28.5. The zero-order valence-electron chi connectivity index (χ0n) is 27.5. The summed E-state index contributed by atoms with van der Waals surface area (Å²) < 4.78 is 0. The standard InChI is InChI=1S/C50H32/c1-5-17-33(18-6-1)44-38-25-13-15-27-40(38)46(35-21-9-3-10-22-35)49-42(44)31-29-37-30-32-43-45(34-19-7-2-8-20-34)39-26-14-16-28-41(39)47(50(43)48(37)49)36-23-11-4-12-24-36/h1-32H. The molecule has 0 heteroatoms. The molecule has 10 aromatic carbocycles. The summed E-state index contributed by atoms with van der Waals surface area (Å²) in [5.41, 5.74) is 10.0. The van der Waals surface area contributed by atoms with Crippen molar-refractivity contribution in [3.05, 3.63) is 194 Å². The summed E-state index contributed by atoms with van der Waals surface area (Å²) in [7, 11) is 0. The van der Waals surface area contributed by atoms with Gasteiger partial charge in [0.25, 0.3) is 0 Å². The molecule has 50 heavy (non-hydrogen) atoms. The van der Waals surface area contributed by atoms with E-state index in [0.29, 0.717) is 0 Å². The lowest BCUT2D eigenvalue weighted by atomic mass is 9.80. The Kier molecular flexibility index (Phi) is 6.60. The second-order valence-corrected chi connectivity index (χ2v) is 13.1. The molecular formula is C50H32. The van der Waals surface area contributed by atoms with Crippen molar-refractivity contribution in [3.63, 3.8) is 0 Å². The Labute approximate surface area is 291 Å². The molecule has 0 aromatic heterocycles. The lowest BCUT2D eigenvalue weighted by Gasteiger charge is -2.23. The van der Waals surface area contributed by atoms with Gasteiger partial charge in [-0.05, 0) is 98.4 Å². The summed E-state index contributed by atoms with van der Waals surface area (Å²) in [5, 5.41) is 12.7. The van der Waals surface area contributed by atoms with Crippen molar-refractivity contribution in [3.8, 4) is 44.5 Å². The van der Waals surface area contributed by atoms with Crippen LogP contribution in [0.5, 0.6) is 0 Å². The van der Waals surface area contributed by atoms with Crippen LogP contribution in [0.25, 0.3) is 98.4 Å². The van der Waals surface area contributed by atoms with E-state index in [4.69, 9.17) is 0 Å². The topological polar surface area (TPSA) is 0 Å². The lowest BCUT2D eigenvalue weighted by molar-refractivity contribution is 1.65. The summed E-state index contributed by atoms with van der Waals surface area (Å²) >= 11 is 0. The Morgan fingerprint density at radius 3 is 0.800 bits per heavy atom. The molecule has 0 nitrogen and oxygen atoms in total. The molecular weight excluding hydrogens is 601 g/mol. The maximum atomic E-state index is 2.37. The molecule has 0 saturated carbocycles. The number of fused-ring (bicyclic) bond motifs is 7. The zero-order valence-corrected chi connectivity index (χ0v) is 27.5. The molecule has 0 atom stereocenters. The van der Waals surface area contributed by atoms with Crippen molar-refractivity contribution < 1.29 is 0 Å². The second-order valence-electron chi connectivity index (χ2n) is 13.1. The highest BCUT2D eigenvalue weighted by Crippen LogP contribution is 2.51. The predicted molar refractivity (Wildman–Crippen MR) is 216 cm³/mol. The van der Waals surface area contributed by atoms with E-state index in [0.717, 1.165) is 0 Å². The summed E-state index contributed by atoms with van der Waals surface area (Å²) in [6.07, 6.45) is 0. The Hall–Kier alpha value is -6.50. The van der Waals surface area contributed by atoms with Gasteiger partial charge < -0.3 is 0 Å². The Morgan fingerprint density at radius 1 is 0.180 bits per heavy atom. The van der Waals surface area contributed by atoms with E-state index in [9.17, 15) is 0 Å². The molecule has 0 N–H and O–H groups in total. The van der Waals surface area contributed by atoms with Gasteiger partial charge in [-0.3, -0.25) is 0 Å². The van der Waals surface area contributed by atoms with Crippen LogP contribution in [0.3, 0.4) is 0 Å². The minimum absolute atomic E-state index is 1.23. The van der Waals surface area contributed by atoms with Gasteiger partial charge in [-0.1, -0.05) is 194 Å².